The van der Waals surface area contributed by atoms with Gasteiger partial charge in [-0.15, -0.1) is 0 Å². The van der Waals surface area contributed by atoms with Gasteiger partial charge in [0.2, 0.25) is 0 Å². The van der Waals surface area contributed by atoms with E-state index in [1.54, 1.807) is 13.4 Å². The van der Waals surface area contributed by atoms with Gasteiger partial charge in [0.25, 0.3) is 0 Å². The number of hydrogen-bond donors (Lipinski definition) is 0. The van der Waals surface area contributed by atoms with Gasteiger partial charge in [0.15, 0.2) is 5.82 Å². The summed E-state index contributed by atoms with van der Waals surface area (Å²) in [5.74, 6) is 1.75. The van der Waals surface area contributed by atoms with Gasteiger partial charge in [-0.05, 0) is 12.1 Å². The van der Waals surface area contributed by atoms with Crippen molar-refractivity contribution in [2.75, 3.05) is 38.2 Å². The molecule has 3 aromatic rings. The molecule has 1 fully saturated rings. The molecular formula is C19H22N6O. The van der Waals surface area contributed by atoms with Crippen LogP contribution in [0.5, 0.6) is 0 Å². The minimum atomic E-state index is 0.450. The molecule has 1 saturated heterocycles. The lowest BCUT2D eigenvalue weighted by molar-refractivity contribution is 0.177. The Bertz CT molecular complexity index is 856. The number of benzene rings is 1. The summed E-state index contributed by atoms with van der Waals surface area (Å²) in [6.45, 7) is 5.18. The van der Waals surface area contributed by atoms with Gasteiger partial charge in [0.1, 0.15) is 18.8 Å². The predicted molar refractivity (Wildman–Crippen MR) is 99.8 cm³/mol. The van der Waals surface area contributed by atoms with Gasteiger partial charge in [-0.2, -0.15) is 0 Å². The molecule has 0 radical (unpaired) electrons. The summed E-state index contributed by atoms with van der Waals surface area (Å²) in [7, 11) is 1.65. The second-order valence-electron chi connectivity index (χ2n) is 6.42. The lowest BCUT2D eigenvalue weighted by Crippen LogP contribution is -2.46. The van der Waals surface area contributed by atoms with E-state index in [9.17, 15) is 0 Å². The van der Waals surface area contributed by atoms with Crippen LogP contribution in [0.25, 0.3) is 10.9 Å². The maximum atomic E-state index is 5.05. The van der Waals surface area contributed by atoms with E-state index >= 15 is 0 Å². The predicted octanol–water partition coefficient (Wildman–Crippen LogP) is 1.89. The molecule has 0 saturated carbocycles. The molecule has 3 heterocycles. The van der Waals surface area contributed by atoms with Gasteiger partial charge in [-0.25, -0.2) is 19.9 Å². The first-order valence-electron chi connectivity index (χ1n) is 8.79. The number of aromatic nitrogens is 4. The topological polar surface area (TPSA) is 67.3 Å². The highest BCUT2D eigenvalue weighted by Gasteiger charge is 2.20. The largest absolute Gasteiger partial charge is 0.377 e. The number of ether oxygens (including phenoxy) is 1. The Morgan fingerprint density at radius 1 is 0.962 bits per heavy atom. The number of para-hydroxylation sites is 1. The minimum absolute atomic E-state index is 0.450. The van der Waals surface area contributed by atoms with Gasteiger partial charge in [-0.3, -0.25) is 4.90 Å². The highest BCUT2D eigenvalue weighted by Crippen LogP contribution is 2.23. The molecule has 0 N–H and O–H groups in total. The van der Waals surface area contributed by atoms with Gasteiger partial charge >= 0.3 is 0 Å². The van der Waals surface area contributed by atoms with Crippen LogP contribution < -0.4 is 4.90 Å². The van der Waals surface area contributed by atoms with Crippen LogP contribution in [-0.4, -0.2) is 58.1 Å². The fourth-order valence-electron chi connectivity index (χ4n) is 3.29. The Labute approximate surface area is 152 Å². The zero-order valence-corrected chi connectivity index (χ0v) is 14.9. The van der Waals surface area contributed by atoms with Gasteiger partial charge in [0.05, 0.1) is 5.52 Å². The van der Waals surface area contributed by atoms with Crippen molar-refractivity contribution in [2.24, 2.45) is 0 Å². The highest BCUT2D eigenvalue weighted by atomic mass is 16.5. The van der Waals surface area contributed by atoms with Crippen molar-refractivity contribution in [3.63, 3.8) is 0 Å². The zero-order chi connectivity index (χ0) is 17.8. The van der Waals surface area contributed by atoms with Gasteiger partial charge in [0, 0.05) is 63.2 Å². The molecule has 1 aliphatic rings. The molecule has 134 valence electrons. The molecular weight excluding hydrogens is 328 g/mol. The van der Waals surface area contributed by atoms with E-state index < -0.39 is 0 Å². The van der Waals surface area contributed by atoms with Crippen LogP contribution in [-0.2, 0) is 17.9 Å². The Morgan fingerprint density at radius 3 is 2.50 bits per heavy atom. The molecule has 4 rings (SSSR count). The van der Waals surface area contributed by atoms with E-state index in [0.29, 0.717) is 6.61 Å². The standard InChI is InChI=1S/C19H22N6O/c1-26-13-18-20-10-15(11-21-18)12-24-6-8-25(9-7-24)19-16-4-2-3-5-17(16)22-14-23-19/h2-5,10-11,14H,6-9,12-13H2,1H3. The molecule has 7 nitrogen and oxygen atoms in total. The summed E-state index contributed by atoms with van der Waals surface area (Å²) < 4.78 is 5.05. The van der Waals surface area contributed by atoms with E-state index in [-0.39, 0.29) is 0 Å². The molecule has 1 aromatic carbocycles. The third-order valence-corrected chi connectivity index (χ3v) is 4.63. The van der Waals surface area contributed by atoms with Crippen LogP contribution in [0.1, 0.15) is 11.4 Å². The summed E-state index contributed by atoms with van der Waals surface area (Å²) >= 11 is 0. The summed E-state index contributed by atoms with van der Waals surface area (Å²) in [6.07, 6.45) is 5.44. The number of nitrogens with zero attached hydrogens (tertiary/aromatic N) is 6. The average Bonchev–Trinajstić information content (AvgIpc) is 2.70. The monoisotopic (exact) mass is 350 g/mol. The third kappa shape index (κ3) is 3.63. The third-order valence-electron chi connectivity index (χ3n) is 4.63. The van der Waals surface area contributed by atoms with Crippen LogP contribution >= 0.6 is 0 Å². The molecule has 0 bridgehead atoms. The molecule has 0 unspecified atom stereocenters. The number of fused-ring (bicyclic) bond motifs is 1. The minimum Gasteiger partial charge on any atom is -0.377 e. The molecule has 7 heteroatoms. The van der Waals surface area contributed by atoms with Crippen molar-refractivity contribution in [3.8, 4) is 0 Å². The molecule has 26 heavy (non-hydrogen) atoms. The second kappa shape index (κ2) is 7.72. The Balaban J connectivity index is 1.39. The van der Waals surface area contributed by atoms with Gasteiger partial charge < -0.3 is 9.64 Å². The molecule has 0 spiro atoms. The van der Waals surface area contributed by atoms with E-state index in [1.807, 2.05) is 30.6 Å². The SMILES string of the molecule is COCc1ncc(CN2CCN(c3ncnc4ccccc34)CC2)cn1. The Hall–Kier alpha value is -2.64. The van der Waals surface area contributed by atoms with E-state index in [1.165, 1.54) is 0 Å². The normalized spacial score (nSPS) is 15.5. The van der Waals surface area contributed by atoms with E-state index in [2.05, 4.69) is 35.8 Å². The van der Waals surface area contributed by atoms with Crippen LogP contribution in [0.4, 0.5) is 5.82 Å². The van der Waals surface area contributed by atoms with Crippen LogP contribution in [0.15, 0.2) is 43.0 Å². The van der Waals surface area contributed by atoms with Crippen LogP contribution in [0.3, 0.4) is 0 Å². The van der Waals surface area contributed by atoms with Crippen molar-refractivity contribution >= 4 is 16.7 Å². The lowest BCUT2D eigenvalue weighted by atomic mass is 10.2. The molecule has 0 aliphatic carbocycles. The zero-order valence-electron chi connectivity index (χ0n) is 14.9. The van der Waals surface area contributed by atoms with E-state index in [0.717, 1.165) is 60.8 Å². The fraction of sp³-hybridized carbons (Fsp3) is 0.368. The van der Waals surface area contributed by atoms with Crippen molar-refractivity contribution < 1.29 is 4.74 Å². The maximum Gasteiger partial charge on any atom is 0.153 e. The first-order valence-corrected chi connectivity index (χ1v) is 8.79. The summed E-state index contributed by atoms with van der Waals surface area (Å²) in [5, 5.41) is 1.12. The lowest BCUT2D eigenvalue weighted by Gasteiger charge is -2.35. The highest BCUT2D eigenvalue weighted by molar-refractivity contribution is 5.89. The van der Waals surface area contributed by atoms with Crippen molar-refractivity contribution in [1.82, 2.24) is 24.8 Å². The number of methoxy groups -OCH3 is 1. The quantitative estimate of drug-likeness (QED) is 0.696. The molecule has 2 aromatic heterocycles. The summed E-state index contributed by atoms with van der Waals surface area (Å²) in [4.78, 5) is 22.3. The molecule has 0 amide bonds. The van der Waals surface area contributed by atoms with Crippen molar-refractivity contribution in [1.29, 1.82) is 0 Å². The number of anilines is 1. The number of rotatable bonds is 5. The second-order valence-corrected chi connectivity index (χ2v) is 6.42. The Kier molecular flexibility index (Phi) is 4.99. The molecule has 1 aliphatic heterocycles. The number of hydrogen-bond acceptors (Lipinski definition) is 7. The van der Waals surface area contributed by atoms with Crippen LogP contribution in [0, 0.1) is 0 Å². The van der Waals surface area contributed by atoms with Crippen LogP contribution in [0.2, 0.25) is 0 Å². The maximum absolute atomic E-state index is 5.05. The fourth-order valence-corrected chi connectivity index (χ4v) is 3.29. The van der Waals surface area contributed by atoms with Gasteiger partial charge in [-0.1, -0.05) is 12.1 Å². The van der Waals surface area contributed by atoms with Crippen molar-refractivity contribution in [2.45, 2.75) is 13.2 Å². The number of piperazine rings is 1. The summed E-state index contributed by atoms with van der Waals surface area (Å²) in [6, 6.07) is 8.18. The first-order chi connectivity index (χ1) is 12.8. The Morgan fingerprint density at radius 2 is 1.73 bits per heavy atom. The van der Waals surface area contributed by atoms with E-state index in [4.69, 9.17) is 4.74 Å². The molecule has 0 atom stereocenters. The average molecular weight is 350 g/mol. The first kappa shape index (κ1) is 16.8. The summed E-state index contributed by atoms with van der Waals surface area (Å²) in [5.41, 5.74) is 2.12. The smallest absolute Gasteiger partial charge is 0.153 e. The van der Waals surface area contributed by atoms with Crippen molar-refractivity contribution in [3.05, 3.63) is 54.4 Å².